The number of carboxylic acid groups (broad SMARTS) is 1. The highest BCUT2D eigenvalue weighted by Gasteiger charge is 2.57. The fraction of sp³-hybridized carbons (Fsp3) is 0.778. The number of amides is 1. The van der Waals surface area contributed by atoms with E-state index in [4.69, 9.17) is 0 Å². The Morgan fingerprint density at radius 2 is 2.08 bits per heavy atom. The van der Waals surface area contributed by atoms with E-state index in [0.717, 1.165) is 31.0 Å². The van der Waals surface area contributed by atoms with Gasteiger partial charge >= 0.3 is 5.97 Å². The molecule has 26 heavy (non-hydrogen) atoms. The van der Waals surface area contributed by atoms with Crippen LogP contribution in [-0.4, -0.2) is 70.1 Å². The number of β-lactam (4-membered cyclic amide) rings is 1. The molecule has 4 aliphatic heterocycles. The first-order valence-corrected chi connectivity index (χ1v) is 10.4. The van der Waals surface area contributed by atoms with E-state index in [0.29, 0.717) is 23.6 Å². The molecule has 0 saturated carbocycles. The Morgan fingerprint density at radius 1 is 1.35 bits per heavy atom. The van der Waals surface area contributed by atoms with Crippen LogP contribution in [0.1, 0.15) is 32.6 Å². The van der Waals surface area contributed by atoms with Crippen LogP contribution >= 0.6 is 11.8 Å². The van der Waals surface area contributed by atoms with Crippen LogP contribution in [0.2, 0.25) is 0 Å². The Bertz CT molecular complexity index is 632. The molecular formula is C18H27N3O4S. The number of rotatable bonds is 5. The summed E-state index contributed by atoms with van der Waals surface area (Å²) in [5, 5.41) is 26.8. The summed E-state index contributed by atoms with van der Waals surface area (Å²) in [4.78, 5) is 26.2. The van der Waals surface area contributed by atoms with Crippen molar-refractivity contribution in [2.45, 2.75) is 56.0 Å². The van der Waals surface area contributed by atoms with E-state index in [9.17, 15) is 19.8 Å². The average Bonchev–Trinajstić information content (AvgIpc) is 3.19. The molecule has 0 aromatic rings. The van der Waals surface area contributed by atoms with Gasteiger partial charge in [0, 0.05) is 29.2 Å². The van der Waals surface area contributed by atoms with Crippen LogP contribution < -0.4 is 10.6 Å². The zero-order chi connectivity index (χ0) is 18.4. The van der Waals surface area contributed by atoms with Gasteiger partial charge in [0.15, 0.2) is 0 Å². The summed E-state index contributed by atoms with van der Waals surface area (Å²) in [7, 11) is 0. The minimum Gasteiger partial charge on any atom is -0.477 e. The van der Waals surface area contributed by atoms with E-state index in [-0.39, 0.29) is 17.6 Å². The highest BCUT2D eigenvalue weighted by atomic mass is 32.2. The lowest BCUT2D eigenvalue weighted by atomic mass is 9.83. The van der Waals surface area contributed by atoms with Crippen molar-refractivity contribution in [1.29, 1.82) is 0 Å². The number of aliphatic carboxylic acids is 1. The lowest BCUT2D eigenvalue weighted by molar-refractivity contribution is -0.161. The van der Waals surface area contributed by atoms with Crippen molar-refractivity contribution in [3.8, 4) is 0 Å². The number of nitrogens with zero attached hydrogens (tertiary/aromatic N) is 1. The number of carbonyl (C=O) groups is 2. The number of carbonyl (C=O) groups excluding carboxylic acids is 1. The summed E-state index contributed by atoms with van der Waals surface area (Å²) in [6.45, 7) is 4.65. The van der Waals surface area contributed by atoms with E-state index in [1.54, 1.807) is 18.7 Å². The van der Waals surface area contributed by atoms with Gasteiger partial charge in [0.05, 0.1) is 18.1 Å². The van der Waals surface area contributed by atoms with Crippen LogP contribution in [-0.2, 0) is 9.59 Å². The SMILES string of the molecule is C[C@@H](O)[C@H]1C(=O)N2C(C(=O)O)=C(S[C@@H]3CN[C@H](C4CCNCC4)C3)C[C@H]12. The van der Waals surface area contributed by atoms with Crippen molar-refractivity contribution in [1.82, 2.24) is 15.5 Å². The molecule has 8 heteroatoms. The Labute approximate surface area is 157 Å². The Kier molecular flexibility index (Phi) is 5.02. The van der Waals surface area contributed by atoms with Gasteiger partial charge < -0.3 is 25.7 Å². The molecule has 4 N–H and O–H groups in total. The third kappa shape index (κ3) is 3.06. The topological polar surface area (TPSA) is 102 Å². The molecule has 0 spiro atoms. The van der Waals surface area contributed by atoms with Gasteiger partial charge in [-0.05, 0) is 45.2 Å². The van der Waals surface area contributed by atoms with Gasteiger partial charge in [-0.1, -0.05) is 0 Å². The fourth-order valence-electron chi connectivity index (χ4n) is 4.97. The molecular weight excluding hydrogens is 354 g/mol. The monoisotopic (exact) mass is 381 g/mol. The van der Waals surface area contributed by atoms with Crippen LogP contribution in [0.15, 0.2) is 10.6 Å². The highest BCUT2D eigenvalue weighted by Crippen LogP contribution is 2.48. The predicted molar refractivity (Wildman–Crippen MR) is 98.5 cm³/mol. The van der Waals surface area contributed by atoms with Crippen LogP contribution in [0.3, 0.4) is 0 Å². The maximum Gasteiger partial charge on any atom is 0.353 e. The number of carboxylic acids is 1. The molecule has 0 aromatic heterocycles. The summed E-state index contributed by atoms with van der Waals surface area (Å²) in [6, 6.07) is 0.319. The molecule has 0 radical (unpaired) electrons. The quantitative estimate of drug-likeness (QED) is 0.510. The van der Waals surface area contributed by atoms with E-state index >= 15 is 0 Å². The minimum absolute atomic E-state index is 0.146. The molecule has 144 valence electrons. The molecule has 7 nitrogen and oxygen atoms in total. The van der Waals surface area contributed by atoms with Gasteiger partial charge in [0.2, 0.25) is 5.91 Å². The summed E-state index contributed by atoms with van der Waals surface area (Å²) in [5.41, 5.74) is 0.146. The van der Waals surface area contributed by atoms with E-state index in [1.165, 1.54) is 17.7 Å². The zero-order valence-electron chi connectivity index (χ0n) is 15.0. The van der Waals surface area contributed by atoms with Crippen molar-refractivity contribution in [3.63, 3.8) is 0 Å². The number of fused-ring (bicyclic) bond motifs is 1. The number of piperidine rings is 1. The molecule has 3 fully saturated rings. The van der Waals surface area contributed by atoms with Crippen molar-refractivity contribution < 1.29 is 19.8 Å². The Morgan fingerprint density at radius 3 is 2.73 bits per heavy atom. The smallest absolute Gasteiger partial charge is 0.353 e. The maximum atomic E-state index is 12.3. The maximum absolute atomic E-state index is 12.3. The summed E-state index contributed by atoms with van der Waals surface area (Å²) in [5.74, 6) is -1.06. The number of hydrogen-bond acceptors (Lipinski definition) is 6. The van der Waals surface area contributed by atoms with Gasteiger partial charge in [-0.25, -0.2) is 4.79 Å². The first kappa shape index (κ1) is 18.3. The minimum atomic E-state index is -1.03. The van der Waals surface area contributed by atoms with Crippen LogP contribution in [0.25, 0.3) is 0 Å². The standard InChI is InChI=1S/C18H27N3O4S/c1-9(22)15-13-7-14(16(18(24)25)21(13)17(15)23)26-11-6-12(20-8-11)10-2-4-19-5-3-10/h9-13,15,19-20,22H,2-8H2,1H3,(H,24,25)/t9-,11+,12+,13-,15-/m1/s1. The molecule has 4 aliphatic rings. The third-order valence-corrected chi connectivity index (χ3v) is 7.61. The second-order valence-electron chi connectivity index (χ2n) is 7.90. The first-order chi connectivity index (χ1) is 12.5. The first-order valence-electron chi connectivity index (χ1n) is 9.55. The van der Waals surface area contributed by atoms with Crippen molar-refractivity contribution in [2.24, 2.45) is 11.8 Å². The normalized spacial score (nSPS) is 36.2. The van der Waals surface area contributed by atoms with Crippen LogP contribution in [0.4, 0.5) is 0 Å². The third-order valence-electron chi connectivity index (χ3n) is 6.28. The number of aliphatic hydroxyl groups excluding tert-OH is 1. The highest BCUT2D eigenvalue weighted by molar-refractivity contribution is 8.03. The average molecular weight is 381 g/mol. The molecule has 0 unspecified atom stereocenters. The largest absolute Gasteiger partial charge is 0.477 e. The molecule has 5 atom stereocenters. The van der Waals surface area contributed by atoms with Gasteiger partial charge in [-0.3, -0.25) is 4.79 Å². The Hall–Kier alpha value is -1.09. The van der Waals surface area contributed by atoms with E-state index < -0.39 is 18.0 Å². The van der Waals surface area contributed by atoms with Gasteiger partial charge in [0.25, 0.3) is 0 Å². The number of hydrogen-bond donors (Lipinski definition) is 4. The summed E-state index contributed by atoms with van der Waals surface area (Å²) < 4.78 is 0. The second kappa shape index (κ2) is 7.14. The predicted octanol–water partition coefficient (Wildman–Crippen LogP) is 0.357. The molecule has 0 aliphatic carbocycles. The van der Waals surface area contributed by atoms with Crippen molar-refractivity contribution in [2.75, 3.05) is 19.6 Å². The molecule has 0 bridgehead atoms. The number of thioether (sulfide) groups is 1. The fourth-order valence-corrected chi connectivity index (χ4v) is 6.42. The summed E-state index contributed by atoms with van der Waals surface area (Å²) >= 11 is 1.63. The van der Waals surface area contributed by atoms with Crippen molar-refractivity contribution in [3.05, 3.63) is 10.6 Å². The van der Waals surface area contributed by atoms with Crippen LogP contribution in [0.5, 0.6) is 0 Å². The summed E-state index contributed by atoms with van der Waals surface area (Å²) in [6.07, 6.45) is 3.25. The van der Waals surface area contributed by atoms with E-state index in [1.807, 2.05) is 0 Å². The molecule has 4 rings (SSSR count). The van der Waals surface area contributed by atoms with Gasteiger partial charge in [-0.2, -0.15) is 0 Å². The van der Waals surface area contributed by atoms with Crippen molar-refractivity contribution >= 4 is 23.6 Å². The van der Waals surface area contributed by atoms with Gasteiger partial charge in [-0.15, -0.1) is 11.8 Å². The molecule has 3 saturated heterocycles. The Balaban J connectivity index is 1.43. The molecule has 4 heterocycles. The van der Waals surface area contributed by atoms with E-state index in [2.05, 4.69) is 10.6 Å². The van der Waals surface area contributed by atoms with Gasteiger partial charge in [0.1, 0.15) is 5.70 Å². The molecule has 0 aromatic carbocycles. The number of aliphatic hydroxyl groups is 1. The molecule has 1 amide bonds. The lowest BCUT2D eigenvalue weighted by Crippen LogP contribution is -2.61. The number of nitrogens with one attached hydrogen (secondary N) is 2. The second-order valence-corrected chi connectivity index (χ2v) is 9.30. The van der Waals surface area contributed by atoms with Crippen LogP contribution in [0, 0.1) is 11.8 Å². The zero-order valence-corrected chi connectivity index (χ0v) is 15.8. The lowest BCUT2D eigenvalue weighted by Gasteiger charge is -2.44.